The molecule has 3 atom stereocenters. The molecule has 0 heterocycles. The van der Waals surface area contributed by atoms with Gasteiger partial charge in [-0.05, 0) is 110 Å². The molecule has 0 spiro atoms. The van der Waals surface area contributed by atoms with Crippen LogP contribution in [0.3, 0.4) is 0 Å². The molecule has 0 fully saturated rings. The van der Waals surface area contributed by atoms with Crippen molar-refractivity contribution in [3.63, 3.8) is 0 Å². The van der Waals surface area contributed by atoms with Gasteiger partial charge in [0.1, 0.15) is 6.29 Å². The van der Waals surface area contributed by atoms with Crippen molar-refractivity contribution in [3.8, 4) is 0 Å². The Morgan fingerprint density at radius 3 is 1.42 bits per heavy atom. The van der Waals surface area contributed by atoms with Crippen LogP contribution in [0.4, 0.5) is 0 Å². The summed E-state index contributed by atoms with van der Waals surface area (Å²) >= 11 is 0. The lowest BCUT2D eigenvalue weighted by atomic mass is 10.1. The second-order valence-corrected chi connectivity index (χ2v) is 17.3. The number of nitrogens with one attached hydrogen (secondary N) is 1. The molecule has 0 aromatic carbocycles. The van der Waals surface area contributed by atoms with E-state index in [0.29, 0.717) is 13.1 Å². The van der Waals surface area contributed by atoms with Crippen LogP contribution < -0.4 is 5.32 Å². The van der Waals surface area contributed by atoms with Gasteiger partial charge in [0.2, 0.25) is 0 Å². The van der Waals surface area contributed by atoms with E-state index in [9.17, 15) is 15.0 Å². The maximum absolute atomic E-state index is 11.0. The summed E-state index contributed by atoms with van der Waals surface area (Å²) in [5.41, 5.74) is 0. The lowest BCUT2D eigenvalue weighted by Gasteiger charge is -2.27. The Balaban J connectivity index is 4.34. The van der Waals surface area contributed by atoms with Gasteiger partial charge in [0.05, 0.1) is 18.2 Å². The van der Waals surface area contributed by atoms with Gasteiger partial charge in [-0.15, -0.1) is 0 Å². The summed E-state index contributed by atoms with van der Waals surface area (Å²) in [6.45, 7) is 6.74. The highest BCUT2D eigenvalue weighted by Crippen LogP contribution is 2.24. The third-order valence-electron chi connectivity index (χ3n) is 9.50. The maximum atomic E-state index is 11.0. The van der Waals surface area contributed by atoms with Crippen molar-refractivity contribution in [2.45, 2.75) is 193 Å². The van der Waals surface area contributed by atoms with Crippen LogP contribution in [0.15, 0.2) is 48.6 Å². The molecule has 3 N–H and O–H groups in total. The maximum Gasteiger partial charge on any atom is 0.136 e. The van der Waals surface area contributed by atoms with Gasteiger partial charge in [0.25, 0.3) is 0 Å². The topological polar surface area (TPSA) is 72.8 Å². The average Bonchev–Trinajstić information content (AvgIpc) is 3.14. The molecule has 0 bridgehead atoms. The van der Waals surface area contributed by atoms with Gasteiger partial charge in [-0.1, -0.05) is 148 Å². The van der Waals surface area contributed by atoms with Crippen molar-refractivity contribution >= 4 is 27.9 Å². The summed E-state index contributed by atoms with van der Waals surface area (Å²) in [4.78, 5) is 13.3. The minimum atomic E-state index is -0.330. The number of rotatable bonds is 41. The van der Waals surface area contributed by atoms with E-state index < -0.39 is 0 Å². The Hall–Kier alpha value is -0.830. The fraction of sp³-hybridized carbons (Fsp3) is 0.800. The first-order valence-corrected chi connectivity index (χ1v) is 24.1. The number of likely N-dealkylation sites (N-methyl/N-ethyl adjacent to an activating group) is 1. The third-order valence-corrected chi connectivity index (χ3v) is 12.0. The van der Waals surface area contributed by atoms with Crippen LogP contribution in [0.5, 0.6) is 0 Å². The van der Waals surface area contributed by atoms with E-state index in [1.165, 1.54) is 89.9 Å². The van der Waals surface area contributed by atoms with Gasteiger partial charge in [-0.2, -0.15) is 0 Å². The van der Waals surface area contributed by atoms with Crippen molar-refractivity contribution in [2.24, 2.45) is 0 Å². The van der Waals surface area contributed by atoms with Crippen molar-refractivity contribution in [3.05, 3.63) is 48.6 Å². The molecular weight excluding hydrogens is 681 g/mol. The number of hydrogen-bond donors (Lipinski definition) is 3. The molecule has 0 saturated carbocycles. The Bertz CT molecular complexity index is 798. The zero-order chi connectivity index (χ0) is 38.0. The molecule has 0 aromatic rings. The van der Waals surface area contributed by atoms with E-state index in [1.807, 2.05) is 28.6 Å². The zero-order valence-electron chi connectivity index (χ0n) is 34.2. The predicted octanol–water partition coefficient (Wildman–Crippen LogP) is 12.2. The molecule has 0 radical (unpaired) electrons. The molecule has 0 amide bonds. The largest absolute Gasteiger partial charge is 0.392 e. The van der Waals surface area contributed by atoms with Crippen LogP contribution in [-0.2, 0) is 4.79 Å². The first-order chi connectivity index (χ1) is 25.6. The predicted molar refractivity (Wildman–Crippen MR) is 236 cm³/mol. The average molecular weight is 765 g/mol. The zero-order valence-corrected chi connectivity index (χ0v) is 35.8. The lowest BCUT2D eigenvalue weighted by Crippen LogP contribution is -2.38. The van der Waals surface area contributed by atoms with E-state index in [2.05, 4.69) is 72.7 Å². The standard InChI is InChI=1S/C45H84N2O3S2/c1-4-6-8-10-12-14-16-18-20-22-24-26-28-30-34-44(49)40-47(37-32-33-38-51-52-39-36-43(42-48)46-3)41-45(50)35-31-29-27-25-23-21-19-17-15-13-11-9-7-5-2/h12-15,18-21,42-46,49-50H,4-11,16-17,22-41H2,1-3H3/b14-12-,15-13-,20-18-,21-19-. The molecule has 304 valence electrons. The monoisotopic (exact) mass is 765 g/mol. The van der Waals surface area contributed by atoms with Gasteiger partial charge in [-0.25, -0.2) is 0 Å². The first-order valence-electron chi connectivity index (χ1n) is 21.6. The Labute approximate surface area is 331 Å². The molecule has 0 rings (SSSR count). The van der Waals surface area contributed by atoms with E-state index in [1.54, 1.807) is 0 Å². The van der Waals surface area contributed by atoms with Gasteiger partial charge in [0, 0.05) is 24.6 Å². The first kappa shape index (κ1) is 51.2. The van der Waals surface area contributed by atoms with E-state index in [-0.39, 0.29) is 18.2 Å². The highest BCUT2D eigenvalue weighted by atomic mass is 33.1. The number of aliphatic hydroxyl groups is 2. The highest BCUT2D eigenvalue weighted by Gasteiger charge is 2.16. The molecule has 3 unspecified atom stereocenters. The van der Waals surface area contributed by atoms with Crippen LogP contribution >= 0.6 is 21.6 Å². The van der Waals surface area contributed by atoms with E-state index in [4.69, 9.17) is 0 Å². The molecular formula is C45H84N2O3S2. The SMILES string of the molecule is CCCCC/C=C\C/C=C\CCCCCCC(O)CN(CCCCSSCCC(C=O)NC)CC(O)CCCCCC/C=C\C/C=C\CCCCC. The normalized spacial score (nSPS) is 14.2. The number of hydrogen-bond acceptors (Lipinski definition) is 7. The molecule has 0 aromatic heterocycles. The minimum Gasteiger partial charge on any atom is -0.392 e. The van der Waals surface area contributed by atoms with Crippen LogP contribution in [0.1, 0.15) is 174 Å². The number of allylic oxidation sites excluding steroid dienone is 8. The molecule has 5 nitrogen and oxygen atoms in total. The van der Waals surface area contributed by atoms with Crippen molar-refractivity contribution in [1.82, 2.24) is 10.2 Å². The molecule has 7 heteroatoms. The second-order valence-electron chi connectivity index (χ2n) is 14.6. The summed E-state index contributed by atoms with van der Waals surface area (Å²) in [5, 5.41) is 24.9. The van der Waals surface area contributed by atoms with Crippen LogP contribution in [0, 0.1) is 0 Å². The number of nitrogens with zero attached hydrogens (tertiary/aromatic N) is 1. The molecule has 0 aliphatic rings. The Morgan fingerprint density at radius 1 is 0.538 bits per heavy atom. The fourth-order valence-corrected chi connectivity index (χ4v) is 8.39. The number of carbonyl (C=O) groups excluding carboxylic acids is 1. The summed E-state index contributed by atoms with van der Waals surface area (Å²) in [7, 11) is 5.58. The van der Waals surface area contributed by atoms with E-state index in [0.717, 1.165) is 95.0 Å². The lowest BCUT2D eigenvalue weighted by molar-refractivity contribution is -0.109. The van der Waals surface area contributed by atoms with Crippen LogP contribution in [0.2, 0.25) is 0 Å². The minimum absolute atomic E-state index is 0.0429. The summed E-state index contributed by atoms with van der Waals surface area (Å²) < 4.78 is 0. The van der Waals surface area contributed by atoms with Crippen LogP contribution in [-0.4, -0.2) is 77.8 Å². The molecule has 0 aliphatic heterocycles. The summed E-state index contributed by atoms with van der Waals surface area (Å²) in [6, 6.07) is -0.0429. The summed E-state index contributed by atoms with van der Waals surface area (Å²) in [6.07, 6.45) is 47.6. The quantitative estimate of drug-likeness (QED) is 0.0248. The smallest absolute Gasteiger partial charge is 0.136 e. The molecule has 0 saturated heterocycles. The van der Waals surface area contributed by atoms with Gasteiger partial charge >= 0.3 is 0 Å². The van der Waals surface area contributed by atoms with Crippen molar-refractivity contribution < 1.29 is 15.0 Å². The number of unbranched alkanes of at least 4 members (excludes halogenated alkanes) is 15. The number of carbonyl (C=O) groups is 1. The third kappa shape index (κ3) is 38.9. The number of aldehydes is 1. The van der Waals surface area contributed by atoms with Gasteiger partial charge < -0.3 is 20.3 Å². The van der Waals surface area contributed by atoms with Gasteiger partial charge in [0.15, 0.2) is 0 Å². The van der Waals surface area contributed by atoms with E-state index >= 15 is 0 Å². The molecule has 52 heavy (non-hydrogen) atoms. The number of aliphatic hydroxyl groups excluding tert-OH is 2. The Morgan fingerprint density at radius 2 is 0.981 bits per heavy atom. The highest BCUT2D eigenvalue weighted by molar-refractivity contribution is 8.76. The second kappa shape index (κ2) is 42.9. The summed E-state index contributed by atoms with van der Waals surface area (Å²) in [5.74, 6) is 2.06. The van der Waals surface area contributed by atoms with Crippen molar-refractivity contribution in [2.75, 3.05) is 38.2 Å². The Kier molecular flexibility index (Phi) is 42.2. The fourth-order valence-electron chi connectivity index (χ4n) is 6.13. The van der Waals surface area contributed by atoms with Crippen LogP contribution in [0.25, 0.3) is 0 Å². The molecule has 0 aliphatic carbocycles. The van der Waals surface area contributed by atoms with Crippen molar-refractivity contribution in [1.29, 1.82) is 0 Å². The van der Waals surface area contributed by atoms with Gasteiger partial charge in [-0.3, -0.25) is 4.90 Å².